The standard InChI is InChI=1S/C66H48N2O2/c1-64(2)50-34-41(25-27-44(50)55-52(64)36-48(38-29-31-67-32-30-38)62-57(55)46-18-10-13-21-53(46)69-62)68(40-24-23-37-15-7-8-16-39(37)33-40)42-26-28-45-51(35-42)66(5,6)60-56(45)58-47-19-11-14-22-54(47)70-63(58)59-43-17-9-12-20-49(43)65(3,4)61(59)60/h7-36H,1-6H3. The summed E-state index contributed by atoms with van der Waals surface area (Å²) < 4.78 is 13.8. The summed E-state index contributed by atoms with van der Waals surface area (Å²) in [6, 6.07) is 62.7. The number of hydrogen-bond acceptors (Lipinski definition) is 4. The van der Waals surface area contributed by atoms with E-state index in [2.05, 4.69) is 221 Å². The van der Waals surface area contributed by atoms with Crippen molar-refractivity contribution in [2.75, 3.05) is 4.90 Å². The van der Waals surface area contributed by atoms with Gasteiger partial charge >= 0.3 is 0 Å². The molecule has 0 bridgehead atoms. The van der Waals surface area contributed by atoms with E-state index in [9.17, 15) is 0 Å². The van der Waals surface area contributed by atoms with Crippen molar-refractivity contribution in [3.8, 4) is 44.5 Å². The molecule has 15 rings (SSSR count). The zero-order valence-electron chi connectivity index (χ0n) is 40.0. The summed E-state index contributed by atoms with van der Waals surface area (Å²) in [5, 5.41) is 7.11. The minimum absolute atomic E-state index is 0.232. The van der Waals surface area contributed by atoms with Gasteiger partial charge in [-0.1, -0.05) is 145 Å². The van der Waals surface area contributed by atoms with Gasteiger partial charge in [0, 0.05) is 78.4 Å². The lowest BCUT2D eigenvalue weighted by Crippen LogP contribution is -2.24. The Kier molecular flexibility index (Phi) is 7.68. The molecular weight excluding hydrogens is 853 g/mol. The molecule has 0 atom stereocenters. The second-order valence-electron chi connectivity index (χ2n) is 21.4. The van der Waals surface area contributed by atoms with E-state index in [1.807, 2.05) is 12.4 Å². The smallest absolute Gasteiger partial charge is 0.144 e. The van der Waals surface area contributed by atoms with Crippen molar-refractivity contribution in [1.82, 2.24) is 4.98 Å². The molecule has 0 aliphatic heterocycles. The Hall–Kier alpha value is -8.21. The lowest BCUT2D eigenvalue weighted by molar-refractivity contribution is 0.600. The lowest BCUT2D eigenvalue weighted by Gasteiger charge is -2.32. The maximum absolute atomic E-state index is 7.00. The molecule has 0 unspecified atom stereocenters. The van der Waals surface area contributed by atoms with Gasteiger partial charge in [-0.15, -0.1) is 0 Å². The van der Waals surface area contributed by atoms with Crippen LogP contribution in [-0.2, 0) is 16.2 Å². The van der Waals surface area contributed by atoms with E-state index in [0.29, 0.717) is 0 Å². The van der Waals surface area contributed by atoms with Gasteiger partial charge in [0.05, 0.1) is 0 Å². The van der Waals surface area contributed by atoms with Crippen molar-refractivity contribution in [3.63, 3.8) is 0 Å². The number of furan rings is 2. The van der Waals surface area contributed by atoms with Gasteiger partial charge in [-0.3, -0.25) is 4.98 Å². The third kappa shape index (κ3) is 5.03. The van der Waals surface area contributed by atoms with Crippen molar-refractivity contribution in [2.45, 2.75) is 57.8 Å². The van der Waals surface area contributed by atoms with E-state index >= 15 is 0 Å². The monoisotopic (exact) mass is 900 g/mol. The van der Waals surface area contributed by atoms with Crippen LogP contribution < -0.4 is 4.90 Å². The molecule has 0 spiro atoms. The topological polar surface area (TPSA) is 42.4 Å². The molecule has 12 aromatic rings. The van der Waals surface area contributed by atoms with Crippen molar-refractivity contribution in [1.29, 1.82) is 0 Å². The van der Waals surface area contributed by atoms with E-state index in [-0.39, 0.29) is 16.2 Å². The Morgan fingerprint density at radius 2 is 0.914 bits per heavy atom. The van der Waals surface area contributed by atoms with Gasteiger partial charge in [0.15, 0.2) is 0 Å². The number of hydrogen-bond donors (Lipinski definition) is 0. The first-order valence-corrected chi connectivity index (χ1v) is 24.6. The first-order valence-electron chi connectivity index (χ1n) is 24.6. The minimum atomic E-state index is -0.335. The van der Waals surface area contributed by atoms with Crippen LogP contribution in [0.5, 0.6) is 0 Å². The van der Waals surface area contributed by atoms with Crippen LogP contribution in [0.4, 0.5) is 17.1 Å². The van der Waals surface area contributed by atoms with Gasteiger partial charge in [0.25, 0.3) is 0 Å². The Balaban J connectivity index is 0.965. The number of benzene rings is 9. The molecule has 4 nitrogen and oxygen atoms in total. The Morgan fingerprint density at radius 1 is 0.386 bits per heavy atom. The number of para-hydroxylation sites is 2. The van der Waals surface area contributed by atoms with Crippen LogP contribution in [-0.4, -0.2) is 4.98 Å². The highest BCUT2D eigenvalue weighted by Gasteiger charge is 2.49. The number of nitrogens with zero attached hydrogens (tertiary/aromatic N) is 2. The first kappa shape index (κ1) is 39.8. The summed E-state index contributed by atoms with van der Waals surface area (Å²) >= 11 is 0. The van der Waals surface area contributed by atoms with Gasteiger partial charge < -0.3 is 13.7 Å². The highest BCUT2D eigenvalue weighted by Crippen LogP contribution is 2.64. The molecule has 3 aliphatic carbocycles. The predicted octanol–water partition coefficient (Wildman–Crippen LogP) is 18.1. The Morgan fingerprint density at radius 3 is 1.64 bits per heavy atom. The Bertz CT molecular complexity index is 4280. The molecule has 3 aromatic heterocycles. The van der Waals surface area contributed by atoms with E-state index < -0.39 is 0 Å². The second-order valence-corrected chi connectivity index (χ2v) is 21.4. The van der Waals surface area contributed by atoms with E-state index in [1.54, 1.807) is 0 Å². The largest absolute Gasteiger partial charge is 0.455 e. The molecule has 4 heteroatoms. The molecule has 0 N–H and O–H groups in total. The number of aromatic nitrogens is 1. The van der Waals surface area contributed by atoms with Crippen molar-refractivity contribution in [3.05, 3.63) is 216 Å². The highest BCUT2D eigenvalue weighted by atomic mass is 16.3. The van der Waals surface area contributed by atoms with Gasteiger partial charge in [-0.25, -0.2) is 0 Å². The van der Waals surface area contributed by atoms with Crippen LogP contribution in [0.25, 0.3) is 99.2 Å². The molecule has 3 aliphatic rings. The quantitative estimate of drug-likeness (QED) is 0.176. The van der Waals surface area contributed by atoms with Gasteiger partial charge in [0.2, 0.25) is 0 Å². The van der Waals surface area contributed by atoms with Crippen LogP contribution in [0.15, 0.2) is 191 Å². The van der Waals surface area contributed by atoms with E-state index in [4.69, 9.17) is 8.83 Å². The van der Waals surface area contributed by atoms with Crippen LogP contribution in [0.3, 0.4) is 0 Å². The molecule has 3 heterocycles. The summed E-state index contributed by atoms with van der Waals surface area (Å²) in [5.41, 5.74) is 24.1. The number of fused-ring (bicyclic) bond motifs is 20. The minimum Gasteiger partial charge on any atom is -0.455 e. The van der Waals surface area contributed by atoms with Crippen molar-refractivity contribution in [2.24, 2.45) is 0 Å². The maximum atomic E-state index is 7.00. The van der Waals surface area contributed by atoms with Gasteiger partial charge in [0.1, 0.15) is 22.3 Å². The van der Waals surface area contributed by atoms with Crippen LogP contribution in [0, 0.1) is 0 Å². The molecule has 334 valence electrons. The predicted molar refractivity (Wildman–Crippen MR) is 289 cm³/mol. The summed E-state index contributed by atoms with van der Waals surface area (Å²) in [6.07, 6.45) is 3.74. The number of pyridine rings is 1. The van der Waals surface area contributed by atoms with Crippen LogP contribution in [0.2, 0.25) is 0 Å². The second kappa shape index (κ2) is 13.5. The molecule has 0 radical (unpaired) electrons. The number of anilines is 3. The zero-order valence-corrected chi connectivity index (χ0v) is 40.0. The van der Waals surface area contributed by atoms with E-state index in [1.165, 1.54) is 93.7 Å². The average molecular weight is 901 g/mol. The molecule has 9 aromatic carbocycles. The fraction of sp³-hybridized carbons (Fsp3) is 0.136. The highest BCUT2D eigenvalue weighted by molar-refractivity contribution is 6.21. The third-order valence-electron chi connectivity index (χ3n) is 16.7. The van der Waals surface area contributed by atoms with E-state index in [0.717, 1.165) is 55.9 Å². The van der Waals surface area contributed by atoms with Crippen molar-refractivity contribution < 1.29 is 8.83 Å². The molecule has 70 heavy (non-hydrogen) atoms. The fourth-order valence-corrected chi connectivity index (χ4v) is 13.4. The molecule has 0 fully saturated rings. The SMILES string of the molecule is CC1(C)c2cc(N(c3ccc4c(c3)C(C)(C)c3c5c(c6oc7ccccc7c6c3-4)-c3ccccc3C5(C)C)c3ccc4ccccc4c3)ccc2-c2c1cc(-c1ccncc1)c1oc3ccccc3c21. The lowest BCUT2D eigenvalue weighted by atomic mass is 9.72. The number of rotatable bonds is 4. The van der Waals surface area contributed by atoms with Crippen molar-refractivity contribution >= 4 is 71.7 Å². The van der Waals surface area contributed by atoms with Gasteiger partial charge in [-0.2, -0.15) is 0 Å². The maximum Gasteiger partial charge on any atom is 0.144 e. The summed E-state index contributed by atoms with van der Waals surface area (Å²) in [5.74, 6) is 0. The van der Waals surface area contributed by atoms with Crippen LogP contribution in [0.1, 0.15) is 74.9 Å². The molecule has 0 amide bonds. The summed E-state index contributed by atoms with van der Waals surface area (Å²) in [4.78, 5) is 6.86. The molecular formula is C66H48N2O2. The summed E-state index contributed by atoms with van der Waals surface area (Å²) in [7, 11) is 0. The fourth-order valence-electron chi connectivity index (χ4n) is 13.4. The summed E-state index contributed by atoms with van der Waals surface area (Å²) in [6.45, 7) is 14.5. The van der Waals surface area contributed by atoms with Gasteiger partial charge in [-0.05, 0) is 144 Å². The average Bonchev–Trinajstić information content (AvgIpc) is 4.13. The first-order chi connectivity index (χ1) is 34.0. The zero-order chi connectivity index (χ0) is 47.0. The van der Waals surface area contributed by atoms with Crippen LogP contribution >= 0.6 is 0 Å². The Labute approximate surface area is 406 Å². The third-order valence-corrected chi connectivity index (χ3v) is 16.7. The normalized spacial score (nSPS) is 15.3. The molecule has 0 saturated heterocycles. The molecule has 0 saturated carbocycles.